The van der Waals surface area contributed by atoms with E-state index in [1.807, 2.05) is 0 Å². The predicted molar refractivity (Wildman–Crippen MR) is 161 cm³/mol. The summed E-state index contributed by atoms with van der Waals surface area (Å²) >= 11 is 1.22. The van der Waals surface area contributed by atoms with Crippen molar-refractivity contribution < 1.29 is 61.1 Å². The molecule has 20 heteroatoms. The van der Waals surface area contributed by atoms with Gasteiger partial charge in [0.25, 0.3) is 5.69 Å². The van der Waals surface area contributed by atoms with Gasteiger partial charge in [0, 0.05) is 30.7 Å². The molecule has 48 heavy (non-hydrogen) atoms. The summed E-state index contributed by atoms with van der Waals surface area (Å²) in [5.74, 6) is -4.79. The standard InChI is InChI=1S/C28H32N4O14S2/c1-13(33)44-12-28(5)24(37)30-17(11-48(41,42)25(28)30)22(35)45-14(2)46-23(36)19-27(3,4)47-21-18(20(34)31(19)21)29-26(38)43-10-15-6-8-16(9-7-15)32(39)40/h6-9,14,17-19,21,25H,10-12H2,1-5H3,(H,29,38)/t14?,17-,18-,19+,21-,25-,28-/m1/s1. The number of sulfone groups is 1. The number of ether oxygens (including phenoxy) is 4. The number of non-ortho nitro benzene ring substituents is 1. The lowest BCUT2D eigenvalue weighted by atomic mass is 9.80. The van der Waals surface area contributed by atoms with E-state index in [1.165, 1.54) is 54.8 Å². The van der Waals surface area contributed by atoms with Gasteiger partial charge in [-0.3, -0.25) is 24.5 Å². The SMILES string of the molecule is CC(=O)OC[C@]1(C)C(=O)N2[C@@H](C(=O)OC(C)OC(=O)[C@@H]3N4C(=O)[C@@H](NC(=O)OCc5ccc([N+](=O)[O-])cc5)[C@H]4SC3(C)C)CS(=O)(=O)[C@@H]21. The average molecular weight is 713 g/mol. The fourth-order valence-electron chi connectivity index (χ4n) is 6.23. The molecule has 1 aromatic rings. The Morgan fingerprint density at radius 3 is 2.29 bits per heavy atom. The van der Waals surface area contributed by atoms with Crippen LogP contribution in [0.25, 0.3) is 0 Å². The van der Waals surface area contributed by atoms with Crippen molar-refractivity contribution >= 4 is 63.1 Å². The summed E-state index contributed by atoms with van der Waals surface area (Å²) < 4.78 is 45.4. The minimum absolute atomic E-state index is 0.128. The van der Waals surface area contributed by atoms with Gasteiger partial charge in [0.1, 0.15) is 42.1 Å². The van der Waals surface area contributed by atoms with Crippen LogP contribution in [0.3, 0.4) is 0 Å². The minimum atomic E-state index is -4.01. The van der Waals surface area contributed by atoms with E-state index in [1.54, 1.807) is 13.8 Å². The molecular formula is C28H32N4O14S2. The van der Waals surface area contributed by atoms with E-state index in [2.05, 4.69) is 5.32 Å². The third kappa shape index (κ3) is 6.01. The largest absolute Gasteiger partial charge is 0.465 e. The highest BCUT2D eigenvalue weighted by Crippen LogP contribution is 2.51. The molecule has 0 saturated carbocycles. The number of hydrogen-bond acceptors (Lipinski definition) is 15. The molecule has 0 spiro atoms. The fraction of sp³-hybridized carbons (Fsp3) is 0.571. The summed E-state index contributed by atoms with van der Waals surface area (Å²) in [7, 11) is -4.01. The second-order valence-corrected chi connectivity index (χ2v) is 16.3. The van der Waals surface area contributed by atoms with Gasteiger partial charge in [0.15, 0.2) is 15.2 Å². The number of alkyl carbamates (subject to hydrolysis) is 1. The molecule has 0 radical (unpaired) electrons. The van der Waals surface area contributed by atoms with Crippen molar-refractivity contribution in [2.24, 2.45) is 5.41 Å². The number of esters is 3. The predicted octanol–water partition coefficient (Wildman–Crippen LogP) is 0.219. The Labute approximate surface area is 277 Å². The van der Waals surface area contributed by atoms with E-state index in [-0.39, 0.29) is 12.3 Å². The Kier molecular flexibility index (Phi) is 8.87. The molecule has 260 valence electrons. The van der Waals surface area contributed by atoms with Crippen molar-refractivity contribution in [2.45, 2.75) is 81.1 Å². The highest BCUT2D eigenvalue weighted by atomic mass is 32.2. The summed E-state index contributed by atoms with van der Waals surface area (Å²) in [6.45, 7) is 6.32. The fourth-order valence-corrected chi connectivity index (χ4v) is 10.3. The molecule has 7 atom stereocenters. The molecule has 0 aromatic heterocycles. The maximum atomic E-state index is 13.3. The van der Waals surface area contributed by atoms with E-state index in [4.69, 9.17) is 18.9 Å². The van der Waals surface area contributed by atoms with Gasteiger partial charge >= 0.3 is 24.0 Å². The quantitative estimate of drug-likeness (QED) is 0.0853. The molecule has 4 saturated heterocycles. The number of thioether (sulfide) groups is 1. The summed E-state index contributed by atoms with van der Waals surface area (Å²) in [6, 6.07) is 1.68. The first-order chi connectivity index (χ1) is 22.3. The number of β-lactam (4-membered cyclic amide) rings is 2. The van der Waals surface area contributed by atoms with Crippen molar-refractivity contribution in [3.8, 4) is 0 Å². The Hall–Kier alpha value is -4.46. The Balaban J connectivity index is 1.15. The van der Waals surface area contributed by atoms with Gasteiger partial charge in [-0.15, -0.1) is 11.8 Å². The smallest absolute Gasteiger partial charge is 0.408 e. The highest BCUT2D eigenvalue weighted by molar-refractivity contribution is 8.01. The molecule has 0 bridgehead atoms. The van der Waals surface area contributed by atoms with E-state index >= 15 is 0 Å². The zero-order valence-corrected chi connectivity index (χ0v) is 27.9. The van der Waals surface area contributed by atoms with Crippen LogP contribution in [-0.2, 0) is 59.4 Å². The number of nitrogens with zero attached hydrogens (tertiary/aromatic N) is 3. The second kappa shape index (κ2) is 12.2. The molecule has 4 aliphatic heterocycles. The van der Waals surface area contributed by atoms with E-state index in [0.717, 1.165) is 11.8 Å². The number of carbonyl (C=O) groups is 6. The molecule has 1 aromatic carbocycles. The number of carbonyl (C=O) groups excluding carboxylic acids is 6. The Morgan fingerprint density at radius 1 is 1.06 bits per heavy atom. The topological polar surface area (TPSA) is 235 Å². The maximum Gasteiger partial charge on any atom is 0.408 e. The number of amides is 3. The van der Waals surface area contributed by atoms with Crippen molar-refractivity contribution in [1.29, 1.82) is 0 Å². The first kappa shape index (κ1) is 34.9. The number of benzene rings is 1. The maximum absolute atomic E-state index is 13.3. The van der Waals surface area contributed by atoms with Crippen LogP contribution in [-0.4, -0.2) is 111 Å². The van der Waals surface area contributed by atoms with Crippen molar-refractivity contribution in [3.05, 3.63) is 39.9 Å². The summed E-state index contributed by atoms with van der Waals surface area (Å²) in [6.07, 6.45) is -2.45. The van der Waals surface area contributed by atoms with Crippen LogP contribution in [0.1, 0.15) is 40.2 Å². The lowest BCUT2D eigenvalue weighted by molar-refractivity contribution is -0.384. The van der Waals surface area contributed by atoms with Crippen LogP contribution >= 0.6 is 11.8 Å². The molecule has 0 aliphatic carbocycles. The Bertz CT molecular complexity index is 1700. The normalized spacial score (nSPS) is 29.7. The molecule has 4 aliphatic rings. The van der Waals surface area contributed by atoms with Crippen molar-refractivity contribution in [2.75, 3.05) is 12.4 Å². The first-order valence-corrected chi connectivity index (χ1v) is 17.1. The molecule has 18 nitrogen and oxygen atoms in total. The van der Waals surface area contributed by atoms with Crippen LogP contribution in [0.15, 0.2) is 24.3 Å². The van der Waals surface area contributed by atoms with Gasteiger partial charge in [-0.05, 0) is 38.5 Å². The van der Waals surface area contributed by atoms with Gasteiger partial charge in [-0.25, -0.2) is 22.8 Å². The summed E-state index contributed by atoms with van der Waals surface area (Å²) in [4.78, 5) is 88.2. The van der Waals surface area contributed by atoms with Crippen LogP contribution in [0.2, 0.25) is 0 Å². The number of nitro groups is 1. The summed E-state index contributed by atoms with van der Waals surface area (Å²) in [5, 5.41) is 11.2. The molecule has 4 heterocycles. The van der Waals surface area contributed by atoms with Crippen LogP contribution in [0.5, 0.6) is 0 Å². The molecular weight excluding hydrogens is 680 g/mol. The van der Waals surface area contributed by atoms with Gasteiger partial charge in [0.2, 0.25) is 18.1 Å². The van der Waals surface area contributed by atoms with Gasteiger partial charge < -0.3 is 34.1 Å². The zero-order chi connectivity index (χ0) is 35.5. The van der Waals surface area contributed by atoms with Crippen molar-refractivity contribution in [1.82, 2.24) is 15.1 Å². The molecule has 3 amide bonds. The minimum Gasteiger partial charge on any atom is -0.465 e. The third-order valence-electron chi connectivity index (χ3n) is 8.45. The number of nitrogens with one attached hydrogen (secondary N) is 1. The zero-order valence-electron chi connectivity index (χ0n) is 26.3. The number of hydrogen-bond donors (Lipinski definition) is 1. The average Bonchev–Trinajstić information content (AvgIpc) is 3.43. The molecule has 1 unspecified atom stereocenters. The first-order valence-electron chi connectivity index (χ1n) is 14.5. The highest BCUT2D eigenvalue weighted by Gasteiger charge is 2.71. The number of nitro benzene ring substituents is 1. The molecule has 1 N–H and O–H groups in total. The van der Waals surface area contributed by atoms with Crippen LogP contribution < -0.4 is 5.32 Å². The lowest BCUT2D eigenvalue weighted by Crippen LogP contribution is -2.71. The van der Waals surface area contributed by atoms with E-state index < -0.39 is 108 Å². The monoisotopic (exact) mass is 712 g/mol. The van der Waals surface area contributed by atoms with E-state index in [9.17, 15) is 47.3 Å². The third-order valence-corrected chi connectivity index (χ3v) is 12.2. The lowest BCUT2D eigenvalue weighted by Gasteiger charge is -2.50. The summed E-state index contributed by atoms with van der Waals surface area (Å²) in [5.41, 5.74) is -1.22. The van der Waals surface area contributed by atoms with Gasteiger partial charge in [-0.1, -0.05) is 0 Å². The van der Waals surface area contributed by atoms with Crippen LogP contribution in [0.4, 0.5) is 10.5 Å². The Morgan fingerprint density at radius 2 is 1.69 bits per heavy atom. The number of fused-ring (bicyclic) bond motifs is 2. The van der Waals surface area contributed by atoms with Crippen LogP contribution in [0, 0.1) is 15.5 Å². The van der Waals surface area contributed by atoms with Gasteiger partial charge in [0.05, 0.1) is 10.7 Å². The molecule has 4 fully saturated rings. The number of rotatable bonds is 10. The second-order valence-electron chi connectivity index (χ2n) is 12.4. The van der Waals surface area contributed by atoms with Gasteiger partial charge in [-0.2, -0.15) is 0 Å². The molecule has 5 rings (SSSR count). The van der Waals surface area contributed by atoms with E-state index in [0.29, 0.717) is 5.56 Å². The van der Waals surface area contributed by atoms with Crippen molar-refractivity contribution in [3.63, 3.8) is 0 Å².